The third-order valence-electron chi connectivity index (χ3n) is 2.48. The lowest BCUT2D eigenvalue weighted by Gasteiger charge is -2.10. The highest BCUT2D eigenvalue weighted by atomic mass is 35.5. The first kappa shape index (κ1) is 14.1. The number of carbonyl (C=O) groups excluding carboxylic acids is 1. The maximum atomic E-state index is 13.5. The number of nitrogens with one attached hydrogen (secondary N) is 1. The van der Waals surface area contributed by atoms with Crippen LogP contribution in [0.4, 0.5) is 15.8 Å². The van der Waals surface area contributed by atoms with Gasteiger partial charge in [0, 0.05) is 5.02 Å². The van der Waals surface area contributed by atoms with Crippen molar-refractivity contribution in [2.75, 3.05) is 17.7 Å². The molecule has 0 aliphatic rings. The minimum atomic E-state index is -0.596. The molecule has 20 heavy (non-hydrogen) atoms. The van der Waals surface area contributed by atoms with E-state index in [-0.39, 0.29) is 18.0 Å². The van der Waals surface area contributed by atoms with Crippen molar-refractivity contribution in [1.29, 1.82) is 0 Å². The lowest BCUT2D eigenvalue weighted by atomic mass is 10.2. The number of anilines is 2. The van der Waals surface area contributed by atoms with Gasteiger partial charge in [0.15, 0.2) is 6.61 Å². The van der Waals surface area contributed by atoms with Gasteiger partial charge in [0.2, 0.25) is 0 Å². The van der Waals surface area contributed by atoms with Gasteiger partial charge < -0.3 is 15.8 Å². The molecule has 3 N–H and O–H groups in total. The standard InChI is InChI=1S/C14H12ClFN2O2/c15-9-3-1-4-10(7-9)20-8-13(19)18-14-11(16)5-2-6-12(14)17/h1-7H,8,17H2,(H,18,19). The zero-order chi connectivity index (χ0) is 14.5. The molecule has 0 atom stereocenters. The second kappa shape index (κ2) is 6.25. The van der Waals surface area contributed by atoms with Crippen molar-refractivity contribution in [1.82, 2.24) is 0 Å². The van der Waals surface area contributed by atoms with Crippen LogP contribution in [0.3, 0.4) is 0 Å². The van der Waals surface area contributed by atoms with E-state index >= 15 is 0 Å². The Morgan fingerprint density at radius 1 is 1.30 bits per heavy atom. The summed E-state index contributed by atoms with van der Waals surface area (Å²) in [5, 5.41) is 2.87. The molecule has 2 aromatic carbocycles. The summed E-state index contributed by atoms with van der Waals surface area (Å²) in [7, 11) is 0. The van der Waals surface area contributed by atoms with E-state index in [9.17, 15) is 9.18 Å². The highest BCUT2D eigenvalue weighted by molar-refractivity contribution is 6.30. The second-order valence-corrected chi connectivity index (χ2v) is 4.43. The van der Waals surface area contributed by atoms with E-state index in [1.54, 1.807) is 24.3 Å². The molecule has 2 rings (SSSR count). The first-order chi connectivity index (χ1) is 9.56. The van der Waals surface area contributed by atoms with Gasteiger partial charge in [-0.25, -0.2) is 4.39 Å². The molecule has 0 bridgehead atoms. The van der Waals surface area contributed by atoms with E-state index < -0.39 is 11.7 Å². The van der Waals surface area contributed by atoms with Crippen LogP contribution in [0.2, 0.25) is 5.02 Å². The van der Waals surface area contributed by atoms with Crippen LogP contribution in [0.15, 0.2) is 42.5 Å². The van der Waals surface area contributed by atoms with E-state index in [4.69, 9.17) is 22.1 Å². The van der Waals surface area contributed by atoms with Gasteiger partial charge in [0.1, 0.15) is 17.3 Å². The number of hydrogen-bond donors (Lipinski definition) is 2. The maximum absolute atomic E-state index is 13.5. The zero-order valence-corrected chi connectivity index (χ0v) is 11.2. The van der Waals surface area contributed by atoms with Crippen molar-refractivity contribution in [3.05, 3.63) is 53.3 Å². The summed E-state index contributed by atoms with van der Waals surface area (Å²) >= 11 is 5.78. The van der Waals surface area contributed by atoms with Crippen LogP contribution in [-0.2, 0) is 4.79 Å². The molecule has 0 aliphatic heterocycles. The quantitative estimate of drug-likeness (QED) is 0.852. The average Bonchev–Trinajstić information content (AvgIpc) is 2.41. The van der Waals surface area contributed by atoms with E-state index in [0.29, 0.717) is 10.8 Å². The predicted molar refractivity (Wildman–Crippen MR) is 76.4 cm³/mol. The Morgan fingerprint density at radius 3 is 2.75 bits per heavy atom. The fourth-order valence-electron chi connectivity index (χ4n) is 1.55. The number of halogens is 2. The van der Waals surface area contributed by atoms with Gasteiger partial charge >= 0.3 is 0 Å². The molecular formula is C14H12ClFN2O2. The normalized spacial score (nSPS) is 10.1. The molecule has 0 spiro atoms. The highest BCUT2D eigenvalue weighted by Crippen LogP contribution is 2.22. The number of ether oxygens (including phenoxy) is 1. The fourth-order valence-corrected chi connectivity index (χ4v) is 1.73. The largest absolute Gasteiger partial charge is 0.484 e. The zero-order valence-electron chi connectivity index (χ0n) is 10.4. The molecule has 0 saturated heterocycles. The van der Waals surface area contributed by atoms with Crippen LogP contribution in [0.25, 0.3) is 0 Å². The van der Waals surface area contributed by atoms with Crippen LogP contribution in [-0.4, -0.2) is 12.5 Å². The van der Waals surface area contributed by atoms with Gasteiger partial charge in [-0.2, -0.15) is 0 Å². The minimum Gasteiger partial charge on any atom is -0.484 e. The molecule has 0 fully saturated rings. The van der Waals surface area contributed by atoms with E-state index in [1.165, 1.54) is 18.2 Å². The Morgan fingerprint density at radius 2 is 2.05 bits per heavy atom. The van der Waals surface area contributed by atoms with Crippen molar-refractivity contribution < 1.29 is 13.9 Å². The summed E-state index contributed by atoms with van der Waals surface area (Å²) in [5.41, 5.74) is 5.69. The summed E-state index contributed by atoms with van der Waals surface area (Å²) in [4.78, 5) is 11.7. The van der Waals surface area contributed by atoms with Gasteiger partial charge in [-0.05, 0) is 30.3 Å². The van der Waals surface area contributed by atoms with Crippen molar-refractivity contribution in [3.8, 4) is 5.75 Å². The number of nitrogen functional groups attached to an aromatic ring is 1. The Bertz CT molecular complexity index is 614. The van der Waals surface area contributed by atoms with Crippen molar-refractivity contribution in [2.45, 2.75) is 0 Å². The molecular weight excluding hydrogens is 283 g/mol. The molecule has 6 heteroatoms. The van der Waals surface area contributed by atoms with E-state index in [0.717, 1.165) is 0 Å². The van der Waals surface area contributed by atoms with Gasteiger partial charge in [0.05, 0.1) is 5.69 Å². The van der Waals surface area contributed by atoms with Crippen LogP contribution in [0.5, 0.6) is 5.75 Å². The smallest absolute Gasteiger partial charge is 0.262 e. The monoisotopic (exact) mass is 294 g/mol. The van der Waals surface area contributed by atoms with Gasteiger partial charge in [0.25, 0.3) is 5.91 Å². The second-order valence-electron chi connectivity index (χ2n) is 4.00. The topological polar surface area (TPSA) is 64.3 Å². The minimum absolute atomic E-state index is 0.0489. The van der Waals surface area contributed by atoms with E-state index in [2.05, 4.69) is 5.32 Å². The molecule has 4 nitrogen and oxygen atoms in total. The molecule has 1 amide bonds. The van der Waals surface area contributed by atoms with Crippen molar-refractivity contribution in [3.63, 3.8) is 0 Å². The SMILES string of the molecule is Nc1cccc(F)c1NC(=O)COc1cccc(Cl)c1. The Hall–Kier alpha value is -2.27. The number of amides is 1. The number of benzene rings is 2. The van der Waals surface area contributed by atoms with Crippen LogP contribution in [0, 0.1) is 5.82 Å². The molecule has 0 radical (unpaired) electrons. The lowest BCUT2D eigenvalue weighted by Crippen LogP contribution is -2.21. The number of hydrogen-bond acceptors (Lipinski definition) is 3. The molecule has 0 saturated carbocycles. The number of nitrogens with two attached hydrogens (primary N) is 1. The number of rotatable bonds is 4. The summed E-state index contributed by atoms with van der Waals surface area (Å²) in [6.07, 6.45) is 0. The Kier molecular flexibility index (Phi) is 4.42. The predicted octanol–water partition coefficient (Wildman–Crippen LogP) is 3.08. The van der Waals surface area contributed by atoms with Gasteiger partial charge in [-0.1, -0.05) is 23.7 Å². The van der Waals surface area contributed by atoms with Crippen LogP contribution in [0.1, 0.15) is 0 Å². The molecule has 0 aliphatic carbocycles. The average molecular weight is 295 g/mol. The van der Waals surface area contributed by atoms with Crippen LogP contribution < -0.4 is 15.8 Å². The summed E-state index contributed by atoms with van der Waals surface area (Å²) in [5.74, 6) is -0.656. The van der Waals surface area contributed by atoms with Gasteiger partial charge in [-0.15, -0.1) is 0 Å². The third kappa shape index (κ3) is 3.61. The summed E-state index contributed by atoms with van der Waals surface area (Å²) in [6, 6.07) is 10.8. The molecule has 0 unspecified atom stereocenters. The van der Waals surface area contributed by atoms with E-state index in [1.807, 2.05) is 0 Å². The van der Waals surface area contributed by atoms with Gasteiger partial charge in [-0.3, -0.25) is 4.79 Å². The molecule has 0 aromatic heterocycles. The molecule has 2 aromatic rings. The number of para-hydroxylation sites is 1. The first-order valence-corrected chi connectivity index (χ1v) is 6.16. The third-order valence-corrected chi connectivity index (χ3v) is 2.71. The maximum Gasteiger partial charge on any atom is 0.262 e. The van der Waals surface area contributed by atoms with Crippen LogP contribution >= 0.6 is 11.6 Å². The highest BCUT2D eigenvalue weighted by Gasteiger charge is 2.10. The van der Waals surface area contributed by atoms with Crippen molar-refractivity contribution >= 4 is 28.9 Å². The lowest BCUT2D eigenvalue weighted by molar-refractivity contribution is -0.118. The number of carbonyl (C=O) groups is 1. The molecule has 0 heterocycles. The first-order valence-electron chi connectivity index (χ1n) is 5.78. The Balaban J connectivity index is 1.96. The fraction of sp³-hybridized carbons (Fsp3) is 0.0714. The van der Waals surface area contributed by atoms with Crippen molar-refractivity contribution in [2.24, 2.45) is 0 Å². The molecule has 104 valence electrons. The Labute approximate surface area is 120 Å². The summed E-state index contributed by atoms with van der Waals surface area (Å²) in [6.45, 7) is -0.270. The summed E-state index contributed by atoms with van der Waals surface area (Å²) < 4.78 is 18.7.